The summed E-state index contributed by atoms with van der Waals surface area (Å²) in [5.74, 6) is 0. The number of pyridine rings is 1. The Bertz CT molecular complexity index is 579. The van der Waals surface area contributed by atoms with Crippen molar-refractivity contribution in [2.45, 2.75) is 51.7 Å². The fraction of sp³-hybridized carbons (Fsp3) is 0.667. The van der Waals surface area contributed by atoms with Gasteiger partial charge in [0.2, 0.25) is 0 Å². The van der Waals surface area contributed by atoms with E-state index in [1.54, 1.807) is 16.6 Å². The van der Waals surface area contributed by atoms with Gasteiger partial charge in [-0.25, -0.2) is 13.4 Å². The van der Waals surface area contributed by atoms with E-state index in [2.05, 4.69) is 38.0 Å². The fourth-order valence-electron chi connectivity index (χ4n) is 2.39. The Morgan fingerprint density at radius 1 is 1.38 bits per heavy atom. The predicted molar refractivity (Wildman–Crippen MR) is 83.4 cm³/mol. The van der Waals surface area contributed by atoms with Crippen LogP contribution >= 0.6 is 0 Å². The van der Waals surface area contributed by atoms with Gasteiger partial charge < -0.3 is 5.32 Å². The minimum atomic E-state index is -3.46. The molecule has 1 saturated heterocycles. The molecular formula is C15H25N3O2S. The summed E-state index contributed by atoms with van der Waals surface area (Å²) in [4.78, 5) is 4.15. The Hall–Kier alpha value is -0.980. The molecule has 21 heavy (non-hydrogen) atoms. The van der Waals surface area contributed by atoms with Crippen LogP contribution < -0.4 is 5.32 Å². The summed E-state index contributed by atoms with van der Waals surface area (Å²) in [6, 6.07) is 3.83. The molecule has 1 aromatic rings. The van der Waals surface area contributed by atoms with E-state index in [-0.39, 0.29) is 10.4 Å². The highest BCUT2D eigenvalue weighted by molar-refractivity contribution is 7.89. The molecule has 118 valence electrons. The summed E-state index contributed by atoms with van der Waals surface area (Å²) >= 11 is 0. The third-order valence-corrected chi connectivity index (χ3v) is 5.52. The number of rotatable bonds is 5. The molecule has 0 aromatic carbocycles. The first-order chi connectivity index (χ1) is 9.71. The minimum Gasteiger partial charge on any atom is -0.310 e. The van der Waals surface area contributed by atoms with Crippen molar-refractivity contribution in [2.24, 2.45) is 5.41 Å². The van der Waals surface area contributed by atoms with Crippen molar-refractivity contribution in [3.05, 3.63) is 23.9 Å². The molecule has 0 spiro atoms. The summed E-state index contributed by atoms with van der Waals surface area (Å²) in [6.45, 7) is 10.2. The highest BCUT2D eigenvalue weighted by atomic mass is 32.2. The molecule has 6 heteroatoms. The van der Waals surface area contributed by atoms with Crippen molar-refractivity contribution in [1.29, 1.82) is 0 Å². The topological polar surface area (TPSA) is 62.3 Å². The van der Waals surface area contributed by atoms with Crippen LogP contribution in [0.15, 0.2) is 23.4 Å². The Morgan fingerprint density at radius 2 is 2.10 bits per heavy atom. The number of sulfonamides is 1. The lowest BCUT2D eigenvalue weighted by atomic mass is 9.93. The Morgan fingerprint density at radius 3 is 2.57 bits per heavy atom. The highest BCUT2D eigenvalue weighted by Gasteiger charge is 2.37. The molecule has 1 fully saturated rings. The lowest BCUT2D eigenvalue weighted by Gasteiger charge is -2.19. The zero-order valence-electron chi connectivity index (χ0n) is 13.3. The van der Waals surface area contributed by atoms with Gasteiger partial charge in [0, 0.05) is 31.9 Å². The van der Waals surface area contributed by atoms with Gasteiger partial charge in [0.25, 0.3) is 10.0 Å². The van der Waals surface area contributed by atoms with E-state index in [0.717, 1.165) is 12.0 Å². The van der Waals surface area contributed by atoms with Gasteiger partial charge in [-0.1, -0.05) is 33.8 Å². The Labute approximate surface area is 127 Å². The second kappa shape index (κ2) is 6.02. The Kier molecular flexibility index (Phi) is 4.70. The molecule has 1 N–H and O–H groups in total. The molecule has 0 saturated carbocycles. The van der Waals surface area contributed by atoms with Crippen LogP contribution in [-0.4, -0.2) is 36.8 Å². The number of hydrogen-bond donors (Lipinski definition) is 1. The molecule has 2 heterocycles. The molecule has 0 aliphatic carbocycles. The molecule has 5 nitrogen and oxygen atoms in total. The molecule has 1 aliphatic heterocycles. The van der Waals surface area contributed by atoms with Gasteiger partial charge in [0.05, 0.1) is 0 Å². The smallest absolute Gasteiger partial charge is 0.260 e. The maximum Gasteiger partial charge on any atom is 0.260 e. The third-order valence-electron chi connectivity index (χ3n) is 3.76. The van der Waals surface area contributed by atoms with Crippen molar-refractivity contribution >= 4 is 10.0 Å². The van der Waals surface area contributed by atoms with Crippen LogP contribution in [0.3, 0.4) is 0 Å². The molecule has 0 radical (unpaired) electrons. The summed E-state index contributed by atoms with van der Waals surface area (Å²) in [5.41, 5.74) is 1.04. The first-order valence-electron chi connectivity index (χ1n) is 7.39. The molecule has 0 amide bonds. The van der Waals surface area contributed by atoms with E-state index in [1.807, 2.05) is 6.07 Å². The normalized spacial score (nSPS) is 19.3. The van der Waals surface area contributed by atoms with E-state index in [1.165, 1.54) is 0 Å². The van der Waals surface area contributed by atoms with Crippen LogP contribution in [0.25, 0.3) is 0 Å². The van der Waals surface area contributed by atoms with Gasteiger partial charge in [-0.2, -0.15) is 4.31 Å². The van der Waals surface area contributed by atoms with Crippen molar-refractivity contribution in [1.82, 2.24) is 14.6 Å². The van der Waals surface area contributed by atoms with Crippen LogP contribution in [0.2, 0.25) is 0 Å². The van der Waals surface area contributed by atoms with Gasteiger partial charge in [-0.05, 0) is 23.5 Å². The predicted octanol–water partition coefficient (Wildman–Crippen LogP) is 2.00. The van der Waals surface area contributed by atoms with Crippen LogP contribution in [0.5, 0.6) is 0 Å². The van der Waals surface area contributed by atoms with E-state index < -0.39 is 10.0 Å². The number of nitrogens with one attached hydrogen (secondary N) is 1. The maximum atomic E-state index is 12.5. The van der Waals surface area contributed by atoms with Gasteiger partial charge in [-0.15, -0.1) is 0 Å². The van der Waals surface area contributed by atoms with Crippen LogP contribution in [-0.2, 0) is 16.6 Å². The van der Waals surface area contributed by atoms with Gasteiger partial charge >= 0.3 is 0 Å². The van der Waals surface area contributed by atoms with Crippen molar-refractivity contribution < 1.29 is 8.42 Å². The number of nitrogens with zero attached hydrogens (tertiary/aromatic N) is 2. The van der Waals surface area contributed by atoms with E-state index >= 15 is 0 Å². The monoisotopic (exact) mass is 311 g/mol. The van der Waals surface area contributed by atoms with E-state index in [9.17, 15) is 8.42 Å². The molecule has 2 rings (SSSR count). The first-order valence-corrected chi connectivity index (χ1v) is 8.83. The van der Waals surface area contributed by atoms with Crippen molar-refractivity contribution in [3.8, 4) is 0 Å². The summed E-state index contributed by atoms with van der Waals surface area (Å²) in [5, 5.41) is 3.43. The fourth-order valence-corrected chi connectivity index (χ4v) is 3.93. The standard InChI is InChI=1S/C15H25N3O2S/c1-12(2)16-9-13-5-6-14(17-10-13)21(19,20)18-8-7-15(3,4)11-18/h5-6,10,12,16H,7-9,11H2,1-4H3. The van der Waals surface area contributed by atoms with Crippen LogP contribution in [0.1, 0.15) is 39.7 Å². The highest BCUT2D eigenvalue weighted by Crippen LogP contribution is 2.32. The second-order valence-corrected chi connectivity index (χ2v) is 8.68. The molecule has 0 bridgehead atoms. The summed E-state index contributed by atoms with van der Waals surface area (Å²) in [6.07, 6.45) is 2.53. The first kappa shape index (κ1) is 16.4. The van der Waals surface area contributed by atoms with E-state index in [4.69, 9.17) is 0 Å². The zero-order valence-corrected chi connectivity index (χ0v) is 14.1. The van der Waals surface area contributed by atoms with E-state index in [0.29, 0.717) is 25.7 Å². The third kappa shape index (κ3) is 4.02. The van der Waals surface area contributed by atoms with Crippen molar-refractivity contribution in [3.63, 3.8) is 0 Å². The van der Waals surface area contributed by atoms with Crippen molar-refractivity contribution in [2.75, 3.05) is 13.1 Å². The summed E-state index contributed by atoms with van der Waals surface area (Å²) < 4.78 is 26.6. The molecule has 1 aromatic heterocycles. The molecular weight excluding hydrogens is 286 g/mol. The SMILES string of the molecule is CC(C)NCc1ccc(S(=O)(=O)N2CCC(C)(C)C2)nc1. The lowest BCUT2D eigenvalue weighted by molar-refractivity contribution is 0.375. The zero-order chi connectivity index (χ0) is 15.7. The quantitative estimate of drug-likeness (QED) is 0.903. The largest absolute Gasteiger partial charge is 0.310 e. The van der Waals surface area contributed by atoms with Gasteiger partial charge in [0.1, 0.15) is 0 Å². The van der Waals surface area contributed by atoms with Crippen LogP contribution in [0.4, 0.5) is 0 Å². The second-order valence-electron chi connectivity index (χ2n) is 6.79. The van der Waals surface area contributed by atoms with Gasteiger partial charge in [-0.3, -0.25) is 0 Å². The lowest BCUT2D eigenvalue weighted by Crippen LogP contribution is -2.31. The molecule has 0 atom stereocenters. The Balaban J connectivity index is 2.11. The summed E-state index contributed by atoms with van der Waals surface area (Å²) in [7, 11) is -3.46. The van der Waals surface area contributed by atoms with Gasteiger partial charge in [0.15, 0.2) is 5.03 Å². The molecule has 1 aliphatic rings. The minimum absolute atomic E-state index is 0.0498. The average molecular weight is 311 g/mol. The molecule has 0 unspecified atom stereocenters. The number of hydrogen-bond acceptors (Lipinski definition) is 4. The number of aromatic nitrogens is 1. The van der Waals surface area contributed by atoms with Crippen LogP contribution in [0, 0.1) is 5.41 Å². The maximum absolute atomic E-state index is 12.5. The average Bonchev–Trinajstić information content (AvgIpc) is 2.78.